The standard InChI is InChI=1S/C15H18N2O4S/c1-10-2-3-11(9-16)8-14(10)22(20,21)17-13-6-4-12(5-7-13)15(18)19/h2-3,8,12-13,17H,4-7H2,1H3,(H,18,19). The van der Waals surface area contributed by atoms with Gasteiger partial charge < -0.3 is 5.11 Å². The first-order valence-corrected chi connectivity index (χ1v) is 8.57. The van der Waals surface area contributed by atoms with Crippen molar-refractivity contribution in [2.45, 2.75) is 43.5 Å². The number of rotatable bonds is 4. The van der Waals surface area contributed by atoms with Gasteiger partial charge in [-0.05, 0) is 50.3 Å². The van der Waals surface area contributed by atoms with E-state index >= 15 is 0 Å². The molecule has 22 heavy (non-hydrogen) atoms. The molecule has 2 N–H and O–H groups in total. The lowest BCUT2D eigenvalue weighted by atomic mass is 9.87. The fourth-order valence-corrected chi connectivity index (χ4v) is 4.28. The van der Waals surface area contributed by atoms with Crippen molar-refractivity contribution in [3.63, 3.8) is 0 Å². The Balaban J connectivity index is 2.13. The molecule has 0 bridgehead atoms. The molecule has 0 amide bonds. The van der Waals surface area contributed by atoms with Gasteiger partial charge in [0.2, 0.25) is 10.0 Å². The Bertz CT molecular complexity index is 714. The molecule has 6 nitrogen and oxygen atoms in total. The van der Waals surface area contributed by atoms with Gasteiger partial charge in [-0.2, -0.15) is 5.26 Å². The van der Waals surface area contributed by atoms with Crippen LogP contribution in [0.3, 0.4) is 0 Å². The predicted octanol–water partition coefficient (Wildman–Crippen LogP) is 1.79. The number of aryl methyl sites for hydroxylation is 1. The maximum atomic E-state index is 12.5. The van der Waals surface area contributed by atoms with Gasteiger partial charge in [-0.3, -0.25) is 4.79 Å². The number of carboxylic acid groups (broad SMARTS) is 1. The third kappa shape index (κ3) is 3.64. The topological polar surface area (TPSA) is 107 Å². The predicted molar refractivity (Wildman–Crippen MR) is 79.6 cm³/mol. The number of benzene rings is 1. The number of hydrogen-bond acceptors (Lipinski definition) is 4. The summed E-state index contributed by atoms with van der Waals surface area (Å²) in [6.07, 6.45) is 1.96. The van der Waals surface area contributed by atoms with E-state index in [-0.39, 0.29) is 16.9 Å². The molecule has 0 spiro atoms. The van der Waals surface area contributed by atoms with Crippen LogP contribution in [-0.2, 0) is 14.8 Å². The summed E-state index contributed by atoms with van der Waals surface area (Å²) >= 11 is 0. The van der Waals surface area contributed by atoms with Crippen molar-refractivity contribution in [1.29, 1.82) is 5.26 Å². The van der Waals surface area contributed by atoms with Gasteiger partial charge in [-0.1, -0.05) is 6.07 Å². The van der Waals surface area contributed by atoms with Gasteiger partial charge in [0.05, 0.1) is 22.4 Å². The summed E-state index contributed by atoms with van der Waals surface area (Å²) in [7, 11) is -3.71. The van der Waals surface area contributed by atoms with Gasteiger partial charge in [0.25, 0.3) is 0 Å². The third-order valence-electron chi connectivity index (χ3n) is 4.00. The smallest absolute Gasteiger partial charge is 0.306 e. The Morgan fingerprint density at radius 1 is 1.32 bits per heavy atom. The van der Waals surface area contributed by atoms with Crippen LogP contribution in [-0.4, -0.2) is 25.5 Å². The first kappa shape index (κ1) is 16.5. The minimum Gasteiger partial charge on any atom is -0.481 e. The molecule has 1 aliphatic rings. The minimum absolute atomic E-state index is 0.104. The average Bonchev–Trinajstić information content (AvgIpc) is 2.47. The molecule has 1 fully saturated rings. The Labute approximate surface area is 129 Å². The molecule has 0 heterocycles. The molecular weight excluding hydrogens is 304 g/mol. The van der Waals surface area contributed by atoms with Crippen molar-refractivity contribution in [3.05, 3.63) is 29.3 Å². The van der Waals surface area contributed by atoms with E-state index in [2.05, 4.69) is 4.72 Å². The second kappa shape index (κ2) is 6.46. The summed E-state index contributed by atoms with van der Waals surface area (Å²) in [5, 5.41) is 17.9. The zero-order chi connectivity index (χ0) is 16.3. The molecule has 0 aliphatic heterocycles. The lowest BCUT2D eigenvalue weighted by Gasteiger charge is -2.26. The average molecular weight is 322 g/mol. The largest absolute Gasteiger partial charge is 0.481 e. The van der Waals surface area contributed by atoms with Crippen LogP contribution in [0.4, 0.5) is 0 Å². The highest BCUT2D eigenvalue weighted by Crippen LogP contribution is 2.26. The Hall–Kier alpha value is -1.91. The maximum absolute atomic E-state index is 12.5. The number of nitrogens with one attached hydrogen (secondary N) is 1. The van der Waals surface area contributed by atoms with Crippen LogP contribution in [0.2, 0.25) is 0 Å². The number of hydrogen-bond donors (Lipinski definition) is 2. The van der Waals surface area contributed by atoms with Crippen molar-refractivity contribution >= 4 is 16.0 Å². The lowest BCUT2D eigenvalue weighted by Crippen LogP contribution is -2.38. The molecule has 0 saturated heterocycles. The van der Waals surface area contributed by atoms with Crippen molar-refractivity contribution < 1.29 is 18.3 Å². The molecule has 0 atom stereocenters. The van der Waals surface area contributed by atoms with Crippen LogP contribution in [0.25, 0.3) is 0 Å². The van der Waals surface area contributed by atoms with E-state index in [1.165, 1.54) is 6.07 Å². The number of carbonyl (C=O) groups is 1. The van der Waals surface area contributed by atoms with Crippen LogP contribution in [0.15, 0.2) is 23.1 Å². The number of carboxylic acids is 1. The summed E-state index contributed by atoms with van der Waals surface area (Å²) in [6, 6.07) is 6.22. The molecule has 0 unspecified atom stereocenters. The highest BCUT2D eigenvalue weighted by atomic mass is 32.2. The highest BCUT2D eigenvalue weighted by Gasteiger charge is 2.29. The van der Waals surface area contributed by atoms with Gasteiger partial charge in [-0.15, -0.1) is 0 Å². The van der Waals surface area contributed by atoms with Crippen LogP contribution >= 0.6 is 0 Å². The number of nitrogens with zero attached hydrogens (tertiary/aromatic N) is 1. The highest BCUT2D eigenvalue weighted by molar-refractivity contribution is 7.89. The van der Waals surface area contributed by atoms with Crippen LogP contribution < -0.4 is 4.72 Å². The van der Waals surface area contributed by atoms with Crippen LogP contribution in [0.5, 0.6) is 0 Å². The molecule has 1 aromatic rings. The second-order valence-corrected chi connectivity index (χ2v) is 7.28. The van der Waals surface area contributed by atoms with E-state index in [0.29, 0.717) is 36.8 Å². The summed E-state index contributed by atoms with van der Waals surface area (Å²) in [5.41, 5.74) is 0.867. The van der Waals surface area contributed by atoms with Gasteiger partial charge in [0.15, 0.2) is 0 Å². The number of sulfonamides is 1. The third-order valence-corrected chi connectivity index (χ3v) is 5.67. The van der Waals surface area contributed by atoms with E-state index in [1.54, 1.807) is 19.1 Å². The molecule has 1 aromatic carbocycles. The fraction of sp³-hybridized carbons (Fsp3) is 0.467. The Kier molecular flexibility index (Phi) is 4.84. The number of aliphatic carboxylic acids is 1. The molecule has 2 rings (SSSR count). The fourth-order valence-electron chi connectivity index (χ4n) is 2.70. The molecule has 7 heteroatoms. The van der Waals surface area contributed by atoms with E-state index in [9.17, 15) is 13.2 Å². The SMILES string of the molecule is Cc1ccc(C#N)cc1S(=O)(=O)NC1CCC(C(=O)O)CC1. The Morgan fingerprint density at radius 3 is 2.50 bits per heavy atom. The van der Waals surface area contributed by atoms with Crippen LogP contribution in [0.1, 0.15) is 36.8 Å². The zero-order valence-corrected chi connectivity index (χ0v) is 13.1. The maximum Gasteiger partial charge on any atom is 0.306 e. The monoisotopic (exact) mass is 322 g/mol. The molecule has 0 aromatic heterocycles. The minimum atomic E-state index is -3.71. The first-order chi connectivity index (χ1) is 10.3. The first-order valence-electron chi connectivity index (χ1n) is 7.09. The Morgan fingerprint density at radius 2 is 1.95 bits per heavy atom. The summed E-state index contributed by atoms with van der Waals surface area (Å²) in [4.78, 5) is 11.0. The second-order valence-electron chi connectivity index (χ2n) is 5.60. The molecule has 1 aliphatic carbocycles. The number of nitriles is 1. The summed E-state index contributed by atoms with van der Waals surface area (Å²) in [6.45, 7) is 1.68. The van der Waals surface area contributed by atoms with Crippen molar-refractivity contribution in [3.8, 4) is 6.07 Å². The summed E-state index contributed by atoms with van der Waals surface area (Å²) in [5.74, 6) is -1.21. The molecule has 1 saturated carbocycles. The van der Waals surface area contributed by atoms with E-state index in [4.69, 9.17) is 10.4 Å². The molecular formula is C15H18N2O4S. The molecule has 118 valence electrons. The van der Waals surface area contributed by atoms with E-state index in [0.717, 1.165) is 0 Å². The van der Waals surface area contributed by atoms with Gasteiger partial charge in [0.1, 0.15) is 0 Å². The van der Waals surface area contributed by atoms with Gasteiger partial charge in [0, 0.05) is 6.04 Å². The van der Waals surface area contributed by atoms with Crippen molar-refractivity contribution in [2.75, 3.05) is 0 Å². The van der Waals surface area contributed by atoms with Crippen molar-refractivity contribution in [2.24, 2.45) is 5.92 Å². The van der Waals surface area contributed by atoms with E-state index < -0.39 is 16.0 Å². The summed E-state index contributed by atoms with van der Waals surface area (Å²) < 4.78 is 27.6. The van der Waals surface area contributed by atoms with Crippen molar-refractivity contribution in [1.82, 2.24) is 4.72 Å². The lowest BCUT2D eigenvalue weighted by molar-refractivity contribution is -0.142. The normalized spacial score (nSPS) is 22.0. The quantitative estimate of drug-likeness (QED) is 0.878. The van der Waals surface area contributed by atoms with Crippen LogP contribution in [0, 0.1) is 24.2 Å². The van der Waals surface area contributed by atoms with Gasteiger partial charge in [-0.25, -0.2) is 13.1 Å². The van der Waals surface area contributed by atoms with Gasteiger partial charge >= 0.3 is 5.97 Å². The molecule has 0 radical (unpaired) electrons. The zero-order valence-electron chi connectivity index (χ0n) is 12.2. The van der Waals surface area contributed by atoms with E-state index in [1.807, 2.05) is 6.07 Å².